The van der Waals surface area contributed by atoms with Gasteiger partial charge in [-0.1, -0.05) is 17.7 Å². The highest BCUT2D eigenvalue weighted by molar-refractivity contribution is 7.92. The van der Waals surface area contributed by atoms with E-state index < -0.39 is 27.4 Å². The van der Waals surface area contributed by atoms with Gasteiger partial charge in [-0.25, -0.2) is 13.8 Å². The van der Waals surface area contributed by atoms with E-state index >= 15 is 0 Å². The van der Waals surface area contributed by atoms with Crippen LogP contribution >= 0.6 is 0 Å². The Morgan fingerprint density at radius 2 is 1.55 bits per heavy atom. The summed E-state index contributed by atoms with van der Waals surface area (Å²) in [6, 6.07) is 25.7. The van der Waals surface area contributed by atoms with Crippen LogP contribution in [-0.2, 0) is 21.4 Å². The summed E-state index contributed by atoms with van der Waals surface area (Å²) in [4.78, 5) is 23.1. The molecule has 0 aliphatic carbocycles. The van der Waals surface area contributed by atoms with E-state index in [0.29, 0.717) is 22.7 Å². The smallest absolute Gasteiger partial charge is 0.269 e. The third-order valence-corrected chi connectivity index (χ3v) is 7.88. The fourth-order valence-corrected chi connectivity index (χ4v) is 5.20. The molecule has 0 fully saturated rings. The molecule has 1 N–H and O–H groups in total. The summed E-state index contributed by atoms with van der Waals surface area (Å²) in [5, 5.41) is 14.7. The largest absolute Gasteiger partial charge is 0.497 e. The molecule has 216 valence electrons. The number of amides is 1. The topological polar surface area (TPSA) is 140 Å². The maximum Gasteiger partial charge on any atom is 0.269 e. The third kappa shape index (κ3) is 7.70. The molecule has 4 rings (SSSR count). The molecule has 0 aromatic heterocycles. The minimum absolute atomic E-state index is 0.0102. The zero-order chi connectivity index (χ0) is 30.1. The van der Waals surface area contributed by atoms with Gasteiger partial charge in [0.25, 0.3) is 21.6 Å². The van der Waals surface area contributed by atoms with Crippen LogP contribution in [0, 0.1) is 17.0 Å². The lowest BCUT2D eigenvalue weighted by Crippen LogP contribution is -2.39. The lowest BCUT2D eigenvalue weighted by atomic mass is 10.2. The van der Waals surface area contributed by atoms with Gasteiger partial charge >= 0.3 is 0 Å². The lowest BCUT2D eigenvalue weighted by molar-refractivity contribution is -0.384. The molecule has 0 saturated carbocycles. The van der Waals surface area contributed by atoms with Crippen molar-refractivity contribution in [2.75, 3.05) is 18.0 Å². The summed E-state index contributed by atoms with van der Waals surface area (Å²) in [5.74, 6) is 0.450. The number of carbonyl (C=O) groups excluding carboxylic acids is 1. The van der Waals surface area contributed by atoms with Crippen molar-refractivity contribution in [3.63, 3.8) is 0 Å². The van der Waals surface area contributed by atoms with Crippen molar-refractivity contribution in [2.24, 2.45) is 5.10 Å². The number of methoxy groups -OCH3 is 1. The second kappa shape index (κ2) is 13.4. The zero-order valence-corrected chi connectivity index (χ0v) is 23.7. The Balaban J connectivity index is 1.38. The number of nitro benzene ring substituents is 1. The maximum absolute atomic E-state index is 13.5. The Bertz CT molecular complexity index is 1660. The van der Waals surface area contributed by atoms with E-state index in [1.807, 2.05) is 6.92 Å². The Morgan fingerprint density at radius 1 is 0.929 bits per heavy atom. The van der Waals surface area contributed by atoms with Crippen LogP contribution in [0.2, 0.25) is 0 Å². The number of nitro groups is 1. The summed E-state index contributed by atoms with van der Waals surface area (Å²) >= 11 is 0. The predicted molar refractivity (Wildman–Crippen MR) is 158 cm³/mol. The van der Waals surface area contributed by atoms with Crippen LogP contribution in [0.25, 0.3) is 0 Å². The minimum atomic E-state index is -4.08. The van der Waals surface area contributed by atoms with Gasteiger partial charge in [-0.3, -0.25) is 19.2 Å². The normalized spacial score (nSPS) is 11.2. The van der Waals surface area contributed by atoms with Crippen LogP contribution in [0.4, 0.5) is 11.4 Å². The molecule has 0 radical (unpaired) electrons. The number of hydrogen-bond acceptors (Lipinski definition) is 8. The van der Waals surface area contributed by atoms with E-state index in [9.17, 15) is 23.3 Å². The molecule has 11 nitrogen and oxygen atoms in total. The third-order valence-electron chi connectivity index (χ3n) is 6.09. The fourth-order valence-electron chi connectivity index (χ4n) is 3.78. The molecule has 0 atom stereocenters. The molecular weight excluding hydrogens is 560 g/mol. The van der Waals surface area contributed by atoms with Crippen LogP contribution in [0.1, 0.15) is 16.7 Å². The first-order chi connectivity index (χ1) is 20.2. The maximum atomic E-state index is 13.5. The van der Waals surface area contributed by atoms with Crippen molar-refractivity contribution in [1.82, 2.24) is 5.43 Å². The van der Waals surface area contributed by atoms with Crippen LogP contribution < -0.4 is 19.2 Å². The van der Waals surface area contributed by atoms with Gasteiger partial charge in [0.2, 0.25) is 0 Å². The second-order valence-electron chi connectivity index (χ2n) is 9.10. The predicted octanol–water partition coefficient (Wildman–Crippen LogP) is 4.84. The number of aryl methyl sites for hydroxylation is 1. The highest BCUT2D eigenvalue weighted by atomic mass is 32.2. The number of non-ortho nitro benzene ring substituents is 1. The van der Waals surface area contributed by atoms with E-state index in [2.05, 4.69) is 10.5 Å². The number of hydrogen-bond donors (Lipinski definition) is 1. The van der Waals surface area contributed by atoms with Gasteiger partial charge in [0, 0.05) is 12.1 Å². The number of anilines is 1. The molecule has 0 heterocycles. The first kappa shape index (κ1) is 29.7. The van der Waals surface area contributed by atoms with Gasteiger partial charge in [-0.05, 0) is 90.8 Å². The summed E-state index contributed by atoms with van der Waals surface area (Å²) in [5.41, 5.74) is 5.12. The van der Waals surface area contributed by atoms with Crippen molar-refractivity contribution < 1.29 is 27.6 Å². The van der Waals surface area contributed by atoms with E-state index in [-0.39, 0.29) is 17.2 Å². The highest BCUT2D eigenvalue weighted by Gasteiger charge is 2.27. The fraction of sp³-hybridized carbons (Fsp3) is 0.133. The molecule has 42 heavy (non-hydrogen) atoms. The number of nitrogens with one attached hydrogen (secondary N) is 1. The molecule has 0 aliphatic rings. The summed E-state index contributed by atoms with van der Waals surface area (Å²) < 4.78 is 38.8. The molecule has 0 saturated heterocycles. The average Bonchev–Trinajstić information content (AvgIpc) is 3.00. The van der Waals surface area contributed by atoms with E-state index in [1.165, 1.54) is 49.7 Å². The molecule has 4 aromatic carbocycles. The van der Waals surface area contributed by atoms with Gasteiger partial charge < -0.3 is 9.47 Å². The number of sulfonamides is 1. The van der Waals surface area contributed by atoms with Gasteiger partial charge in [0.15, 0.2) is 0 Å². The van der Waals surface area contributed by atoms with E-state index in [0.717, 1.165) is 15.4 Å². The van der Waals surface area contributed by atoms with Crippen LogP contribution in [0.3, 0.4) is 0 Å². The Morgan fingerprint density at radius 3 is 2.14 bits per heavy atom. The van der Waals surface area contributed by atoms with Gasteiger partial charge in [0.05, 0.1) is 28.8 Å². The van der Waals surface area contributed by atoms with Crippen LogP contribution in [-0.4, -0.2) is 39.1 Å². The number of ether oxygens (including phenoxy) is 2. The summed E-state index contributed by atoms with van der Waals surface area (Å²) in [6.45, 7) is 1.62. The van der Waals surface area contributed by atoms with Crippen molar-refractivity contribution in [3.8, 4) is 11.5 Å². The standard InChI is InChI=1S/C30H28N4O7S/c1-22-3-9-25(10-4-22)33(42(38,39)29-17-15-27(40-2)16-18-29)20-30(35)32-31-19-23-7-13-28(14-8-23)41-21-24-5-11-26(12-6-24)34(36)37/h3-19H,20-21H2,1-2H3,(H,32,35)/b31-19-. The number of hydrazone groups is 1. The van der Waals surface area contributed by atoms with Crippen LogP contribution in [0.15, 0.2) is 107 Å². The summed E-state index contributed by atoms with van der Waals surface area (Å²) in [7, 11) is -2.59. The molecule has 12 heteroatoms. The Labute approximate surface area is 243 Å². The monoisotopic (exact) mass is 588 g/mol. The van der Waals surface area contributed by atoms with Crippen molar-refractivity contribution in [2.45, 2.75) is 18.4 Å². The highest BCUT2D eigenvalue weighted by Crippen LogP contribution is 2.25. The van der Waals surface area contributed by atoms with Crippen molar-refractivity contribution in [1.29, 1.82) is 0 Å². The minimum Gasteiger partial charge on any atom is -0.497 e. The number of benzene rings is 4. The van der Waals surface area contributed by atoms with E-state index in [4.69, 9.17) is 9.47 Å². The Hall–Kier alpha value is -5.23. The van der Waals surface area contributed by atoms with Gasteiger partial charge in [-0.15, -0.1) is 0 Å². The second-order valence-corrected chi connectivity index (χ2v) is 11.0. The Kier molecular flexibility index (Phi) is 9.50. The molecule has 0 unspecified atom stereocenters. The van der Waals surface area contributed by atoms with Gasteiger partial charge in [-0.2, -0.15) is 5.10 Å². The molecule has 0 bridgehead atoms. The lowest BCUT2D eigenvalue weighted by Gasteiger charge is -2.24. The number of rotatable bonds is 12. The zero-order valence-electron chi connectivity index (χ0n) is 22.8. The summed E-state index contributed by atoms with van der Waals surface area (Å²) in [6.07, 6.45) is 1.42. The molecule has 4 aromatic rings. The molecule has 0 spiro atoms. The number of nitrogens with zero attached hydrogens (tertiary/aromatic N) is 3. The molecular formula is C30H28N4O7S. The van der Waals surface area contributed by atoms with Gasteiger partial charge in [0.1, 0.15) is 24.7 Å². The van der Waals surface area contributed by atoms with Crippen LogP contribution in [0.5, 0.6) is 11.5 Å². The average molecular weight is 589 g/mol. The first-order valence-corrected chi connectivity index (χ1v) is 14.1. The molecule has 0 aliphatic heterocycles. The van der Waals surface area contributed by atoms with Crippen molar-refractivity contribution in [3.05, 3.63) is 124 Å². The SMILES string of the molecule is COc1ccc(S(=O)(=O)N(CC(=O)N/N=C\c2ccc(OCc3ccc([N+](=O)[O-])cc3)cc2)c2ccc(C)cc2)cc1. The quantitative estimate of drug-likeness (QED) is 0.142. The first-order valence-electron chi connectivity index (χ1n) is 12.7. The van der Waals surface area contributed by atoms with E-state index in [1.54, 1.807) is 60.7 Å². The van der Waals surface area contributed by atoms with Crippen molar-refractivity contribution >= 4 is 33.5 Å². The molecule has 1 amide bonds. The number of carbonyl (C=O) groups is 1.